The molecule has 0 heterocycles. The van der Waals surface area contributed by atoms with E-state index >= 15 is 0 Å². The summed E-state index contributed by atoms with van der Waals surface area (Å²) >= 11 is 1.07. The number of carbonyl (C=O) groups is 1. The lowest BCUT2D eigenvalue weighted by Gasteiger charge is -2.12. The molecule has 1 aromatic rings. The van der Waals surface area contributed by atoms with Crippen molar-refractivity contribution in [2.45, 2.75) is 30.7 Å². The molecule has 0 aliphatic rings. The first-order chi connectivity index (χ1) is 8.88. The molecule has 2 nitrogen and oxygen atoms in total. The van der Waals surface area contributed by atoms with Crippen LogP contribution in [0.2, 0.25) is 0 Å². The van der Waals surface area contributed by atoms with E-state index in [2.05, 4.69) is 0 Å². The first-order valence-corrected chi connectivity index (χ1v) is 6.88. The van der Waals surface area contributed by atoms with Gasteiger partial charge in [-0.2, -0.15) is 13.2 Å². The zero-order valence-electron chi connectivity index (χ0n) is 10.2. The van der Waals surface area contributed by atoms with E-state index in [1.165, 1.54) is 0 Å². The highest BCUT2D eigenvalue weighted by Crippen LogP contribution is 2.24. The van der Waals surface area contributed by atoms with Crippen molar-refractivity contribution in [1.29, 1.82) is 0 Å². The maximum Gasteiger partial charge on any atom is 0.389 e. The van der Waals surface area contributed by atoms with Gasteiger partial charge in [0.2, 0.25) is 0 Å². The van der Waals surface area contributed by atoms with Crippen LogP contribution in [-0.2, 0) is 11.2 Å². The summed E-state index contributed by atoms with van der Waals surface area (Å²) in [5.74, 6) is -0.788. The molecule has 1 aromatic carbocycles. The number of carboxylic acid groups (broad SMARTS) is 1. The Labute approximate surface area is 114 Å². The second kappa shape index (κ2) is 7.43. The van der Waals surface area contributed by atoms with Crippen LogP contribution in [0.15, 0.2) is 30.3 Å². The Morgan fingerprint density at radius 2 is 1.89 bits per heavy atom. The predicted molar refractivity (Wildman–Crippen MR) is 69.3 cm³/mol. The van der Waals surface area contributed by atoms with Crippen LogP contribution in [-0.4, -0.2) is 28.3 Å². The fourth-order valence-corrected chi connectivity index (χ4v) is 2.59. The average Bonchev–Trinajstić information content (AvgIpc) is 2.33. The summed E-state index contributed by atoms with van der Waals surface area (Å²) in [6.45, 7) is 0. The molecule has 6 heteroatoms. The Bertz CT molecular complexity index is 393. The van der Waals surface area contributed by atoms with Crippen LogP contribution < -0.4 is 0 Å². The Morgan fingerprint density at radius 1 is 1.26 bits per heavy atom. The zero-order chi connectivity index (χ0) is 14.3. The molecule has 0 radical (unpaired) electrons. The van der Waals surface area contributed by atoms with E-state index in [9.17, 15) is 18.0 Å². The molecule has 19 heavy (non-hydrogen) atoms. The van der Waals surface area contributed by atoms with Gasteiger partial charge in [-0.3, -0.25) is 4.79 Å². The fraction of sp³-hybridized carbons (Fsp3) is 0.462. The van der Waals surface area contributed by atoms with Gasteiger partial charge in [0.25, 0.3) is 0 Å². The summed E-state index contributed by atoms with van der Waals surface area (Å²) in [4.78, 5) is 11.1. The van der Waals surface area contributed by atoms with Gasteiger partial charge in [-0.1, -0.05) is 30.3 Å². The Hall–Kier alpha value is -1.17. The van der Waals surface area contributed by atoms with Crippen LogP contribution in [0.1, 0.15) is 18.4 Å². The molecule has 0 fully saturated rings. The normalized spacial score (nSPS) is 13.2. The molecule has 1 unspecified atom stereocenters. The molecule has 0 spiro atoms. The van der Waals surface area contributed by atoms with Crippen molar-refractivity contribution >= 4 is 17.7 Å². The summed E-state index contributed by atoms with van der Waals surface area (Å²) < 4.78 is 35.9. The highest BCUT2D eigenvalue weighted by atomic mass is 32.2. The van der Waals surface area contributed by atoms with Crippen molar-refractivity contribution in [3.63, 3.8) is 0 Å². The summed E-state index contributed by atoms with van der Waals surface area (Å²) in [5.41, 5.74) is 0.873. The molecule has 0 aliphatic heterocycles. The summed E-state index contributed by atoms with van der Waals surface area (Å²) in [5, 5.41) is 8.35. The maximum absolute atomic E-state index is 12.0. The van der Waals surface area contributed by atoms with Gasteiger partial charge in [0.1, 0.15) is 5.25 Å². The summed E-state index contributed by atoms with van der Waals surface area (Å²) in [6, 6.07) is 9.07. The Kier molecular flexibility index (Phi) is 6.21. The molecular formula is C13H15F3O2S. The van der Waals surface area contributed by atoms with Crippen LogP contribution >= 0.6 is 11.8 Å². The minimum Gasteiger partial charge on any atom is -0.480 e. The van der Waals surface area contributed by atoms with Crippen LogP contribution in [0.5, 0.6) is 0 Å². The lowest BCUT2D eigenvalue weighted by molar-refractivity contribution is -0.136. The lowest BCUT2D eigenvalue weighted by Crippen LogP contribution is -2.20. The standard InChI is InChI=1S/C13H15F3O2S/c14-13(15,16)7-4-8-19-11(12(17)18)9-10-5-2-1-3-6-10/h1-3,5-6,11H,4,7-9H2,(H,17,18). The first kappa shape index (κ1) is 15.9. The number of halogens is 3. The van der Waals surface area contributed by atoms with Gasteiger partial charge in [-0.25, -0.2) is 0 Å². The van der Waals surface area contributed by atoms with E-state index in [0.717, 1.165) is 17.3 Å². The first-order valence-electron chi connectivity index (χ1n) is 5.83. The average molecular weight is 292 g/mol. The summed E-state index contributed by atoms with van der Waals surface area (Å²) in [6.07, 6.45) is -4.75. The van der Waals surface area contributed by atoms with Gasteiger partial charge < -0.3 is 5.11 Å². The van der Waals surface area contributed by atoms with Crippen molar-refractivity contribution < 1.29 is 23.1 Å². The van der Waals surface area contributed by atoms with Gasteiger partial charge in [0.05, 0.1) is 0 Å². The molecule has 0 amide bonds. The molecule has 0 aliphatic carbocycles. The third kappa shape index (κ3) is 7.10. The van der Waals surface area contributed by atoms with Crippen LogP contribution in [0.3, 0.4) is 0 Å². The fourth-order valence-electron chi connectivity index (χ4n) is 1.54. The number of carboxylic acids is 1. The van der Waals surface area contributed by atoms with Gasteiger partial charge >= 0.3 is 12.1 Å². The number of benzene rings is 1. The molecular weight excluding hydrogens is 277 g/mol. The number of rotatable bonds is 7. The number of aliphatic carboxylic acids is 1. The van der Waals surface area contributed by atoms with Gasteiger partial charge in [0, 0.05) is 6.42 Å². The van der Waals surface area contributed by atoms with Crippen molar-refractivity contribution in [2.75, 3.05) is 5.75 Å². The van der Waals surface area contributed by atoms with E-state index in [1.54, 1.807) is 0 Å². The summed E-state index contributed by atoms with van der Waals surface area (Å²) in [7, 11) is 0. The smallest absolute Gasteiger partial charge is 0.389 e. The van der Waals surface area contributed by atoms with E-state index in [-0.39, 0.29) is 12.2 Å². The lowest BCUT2D eigenvalue weighted by atomic mass is 10.1. The SMILES string of the molecule is O=C(O)C(Cc1ccccc1)SCCCC(F)(F)F. The molecule has 1 N–H and O–H groups in total. The van der Waals surface area contributed by atoms with E-state index in [4.69, 9.17) is 5.11 Å². The second-order valence-corrected chi connectivity index (χ2v) is 5.42. The van der Waals surface area contributed by atoms with E-state index in [0.29, 0.717) is 6.42 Å². The number of alkyl halides is 3. The third-order valence-corrected chi connectivity index (χ3v) is 3.76. The Balaban J connectivity index is 2.40. The minimum atomic E-state index is -4.17. The molecule has 0 bridgehead atoms. The van der Waals surface area contributed by atoms with Crippen LogP contribution in [0.4, 0.5) is 13.2 Å². The number of hydrogen-bond acceptors (Lipinski definition) is 2. The largest absolute Gasteiger partial charge is 0.480 e. The van der Waals surface area contributed by atoms with Gasteiger partial charge in [-0.15, -0.1) is 11.8 Å². The highest BCUT2D eigenvalue weighted by Gasteiger charge is 2.26. The molecule has 0 aromatic heterocycles. The van der Waals surface area contributed by atoms with Crippen molar-refractivity contribution in [2.24, 2.45) is 0 Å². The molecule has 0 saturated heterocycles. The monoisotopic (exact) mass is 292 g/mol. The topological polar surface area (TPSA) is 37.3 Å². The van der Waals surface area contributed by atoms with E-state index < -0.39 is 23.8 Å². The van der Waals surface area contributed by atoms with Crippen molar-refractivity contribution in [3.8, 4) is 0 Å². The predicted octanol–water partition coefficient (Wildman–Crippen LogP) is 3.76. The minimum absolute atomic E-state index is 0.0489. The van der Waals surface area contributed by atoms with Gasteiger partial charge in [0.15, 0.2) is 0 Å². The van der Waals surface area contributed by atoms with Crippen LogP contribution in [0, 0.1) is 0 Å². The zero-order valence-corrected chi connectivity index (χ0v) is 11.0. The van der Waals surface area contributed by atoms with Crippen molar-refractivity contribution in [3.05, 3.63) is 35.9 Å². The highest BCUT2D eigenvalue weighted by molar-refractivity contribution is 8.00. The molecule has 106 valence electrons. The molecule has 1 rings (SSSR count). The third-order valence-electron chi connectivity index (χ3n) is 2.46. The van der Waals surface area contributed by atoms with Crippen molar-refractivity contribution in [1.82, 2.24) is 0 Å². The quantitative estimate of drug-likeness (QED) is 0.778. The van der Waals surface area contributed by atoms with Crippen LogP contribution in [0.25, 0.3) is 0 Å². The van der Waals surface area contributed by atoms with E-state index in [1.807, 2.05) is 30.3 Å². The maximum atomic E-state index is 12.0. The number of thioether (sulfide) groups is 1. The number of hydrogen-bond donors (Lipinski definition) is 1. The molecule has 1 atom stereocenters. The molecule has 0 saturated carbocycles. The Morgan fingerprint density at radius 3 is 2.42 bits per heavy atom. The second-order valence-electron chi connectivity index (χ2n) is 4.11. The van der Waals surface area contributed by atoms with Gasteiger partial charge in [-0.05, 0) is 24.2 Å².